The fourth-order valence-corrected chi connectivity index (χ4v) is 5.31. The molecule has 0 amide bonds. The predicted octanol–water partition coefficient (Wildman–Crippen LogP) is 5.72. The number of hydrogen-bond acceptors (Lipinski definition) is 1. The van der Waals surface area contributed by atoms with Crippen LogP contribution < -0.4 is 4.74 Å². The van der Waals surface area contributed by atoms with Gasteiger partial charge in [0.25, 0.3) is 0 Å². The molecule has 2 fully saturated rings. The molecule has 0 radical (unpaired) electrons. The topological polar surface area (TPSA) is 9.23 Å². The van der Waals surface area contributed by atoms with Gasteiger partial charge in [0.15, 0.2) is 0 Å². The lowest BCUT2D eigenvalue weighted by atomic mass is 10.0. The van der Waals surface area contributed by atoms with Crippen molar-refractivity contribution in [2.75, 3.05) is 7.11 Å². The van der Waals surface area contributed by atoms with Crippen molar-refractivity contribution in [3.8, 4) is 5.75 Å². The minimum atomic E-state index is 0.525. The van der Waals surface area contributed by atoms with Crippen LogP contribution in [0.15, 0.2) is 36.4 Å². The van der Waals surface area contributed by atoms with E-state index in [1.165, 1.54) is 42.0 Å². The molecule has 21 heavy (non-hydrogen) atoms. The van der Waals surface area contributed by atoms with Gasteiger partial charge >= 0.3 is 0 Å². The van der Waals surface area contributed by atoms with Crippen molar-refractivity contribution in [1.82, 2.24) is 0 Å². The average molecular weight is 345 g/mol. The molecule has 0 spiro atoms. The first kappa shape index (κ1) is 13.6. The Bertz CT molecular complexity index is 654. The average Bonchev–Trinajstić information content (AvgIpc) is 3.27. The molecule has 0 aliphatic heterocycles. The van der Waals surface area contributed by atoms with Gasteiger partial charge in [-0.1, -0.05) is 53.0 Å². The second kappa shape index (κ2) is 5.31. The molecule has 3 atom stereocenters. The van der Waals surface area contributed by atoms with Crippen LogP contribution in [-0.2, 0) is 0 Å². The molecule has 2 aromatic rings. The normalized spacial score (nSPS) is 29.0. The molecule has 2 aromatic carbocycles. The van der Waals surface area contributed by atoms with Gasteiger partial charge in [0.05, 0.1) is 7.11 Å². The number of rotatable bonds is 3. The van der Waals surface area contributed by atoms with Crippen molar-refractivity contribution in [1.29, 1.82) is 0 Å². The van der Waals surface area contributed by atoms with E-state index in [-0.39, 0.29) is 0 Å². The summed E-state index contributed by atoms with van der Waals surface area (Å²) in [7, 11) is 1.72. The number of fused-ring (bicyclic) bond motifs is 2. The van der Waals surface area contributed by atoms with Crippen molar-refractivity contribution in [2.24, 2.45) is 17.8 Å². The maximum atomic E-state index is 5.30. The highest BCUT2D eigenvalue weighted by Crippen LogP contribution is 2.62. The summed E-state index contributed by atoms with van der Waals surface area (Å²) in [6.07, 6.45) is 5.77. The molecule has 0 bridgehead atoms. The quantitative estimate of drug-likeness (QED) is 0.647. The lowest BCUT2D eigenvalue weighted by molar-refractivity contribution is 0.415. The Morgan fingerprint density at radius 3 is 2.38 bits per heavy atom. The van der Waals surface area contributed by atoms with Crippen LogP contribution in [0.4, 0.5) is 0 Å². The number of halogens is 1. The molecule has 1 nitrogen and oxygen atoms in total. The lowest BCUT2D eigenvalue weighted by Gasteiger charge is -2.12. The molecule has 2 aliphatic carbocycles. The van der Waals surface area contributed by atoms with E-state index < -0.39 is 0 Å². The van der Waals surface area contributed by atoms with Gasteiger partial charge in [-0.2, -0.15) is 0 Å². The number of ether oxygens (including phenoxy) is 1. The summed E-state index contributed by atoms with van der Waals surface area (Å²) in [5.41, 5.74) is 1.44. The Hall–Kier alpha value is -1.02. The van der Waals surface area contributed by atoms with Crippen LogP contribution in [0.5, 0.6) is 5.75 Å². The van der Waals surface area contributed by atoms with Gasteiger partial charge in [-0.25, -0.2) is 0 Å². The minimum Gasteiger partial charge on any atom is -0.497 e. The minimum absolute atomic E-state index is 0.525. The summed E-state index contributed by atoms with van der Waals surface area (Å²) >= 11 is 3.99. The Morgan fingerprint density at radius 2 is 1.67 bits per heavy atom. The van der Waals surface area contributed by atoms with Crippen molar-refractivity contribution < 1.29 is 4.74 Å². The molecule has 2 aliphatic rings. The van der Waals surface area contributed by atoms with Crippen molar-refractivity contribution in [3.63, 3.8) is 0 Å². The zero-order chi connectivity index (χ0) is 14.4. The second-order valence-corrected chi connectivity index (χ2v) is 7.55. The van der Waals surface area contributed by atoms with Crippen molar-refractivity contribution in [3.05, 3.63) is 42.0 Å². The van der Waals surface area contributed by atoms with Crippen molar-refractivity contribution >= 4 is 26.7 Å². The van der Waals surface area contributed by atoms with Gasteiger partial charge in [-0.3, -0.25) is 0 Å². The monoisotopic (exact) mass is 344 g/mol. The molecular formula is C19H21BrO. The molecule has 0 N–H and O–H groups in total. The van der Waals surface area contributed by atoms with E-state index in [4.69, 9.17) is 4.74 Å². The summed E-state index contributed by atoms with van der Waals surface area (Å²) in [6, 6.07) is 13.2. The highest BCUT2D eigenvalue weighted by Gasteiger charge is 2.53. The zero-order valence-electron chi connectivity index (χ0n) is 12.4. The van der Waals surface area contributed by atoms with Crippen molar-refractivity contribution in [2.45, 2.75) is 30.5 Å². The Kier molecular flexibility index (Phi) is 3.45. The highest BCUT2D eigenvalue weighted by atomic mass is 79.9. The number of methoxy groups -OCH3 is 1. The predicted molar refractivity (Wildman–Crippen MR) is 91.1 cm³/mol. The van der Waals surface area contributed by atoms with E-state index in [1.54, 1.807) is 7.11 Å². The third-order valence-corrected chi connectivity index (χ3v) is 6.59. The third-order valence-electron chi connectivity index (χ3n) is 5.45. The van der Waals surface area contributed by atoms with Gasteiger partial charge in [-0.05, 0) is 59.1 Å². The Balaban J connectivity index is 1.61. The summed E-state index contributed by atoms with van der Waals surface area (Å²) in [6.45, 7) is 0. The molecule has 110 valence electrons. The smallest absolute Gasteiger partial charge is 0.119 e. The van der Waals surface area contributed by atoms with E-state index >= 15 is 0 Å². The van der Waals surface area contributed by atoms with Crippen LogP contribution in [-0.4, -0.2) is 7.11 Å². The Morgan fingerprint density at radius 1 is 1.00 bits per heavy atom. The van der Waals surface area contributed by atoms with Gasteiger partial charge in [0, 0.05) is 4.83 Å². The Labute approximate surface area is 134 Å². The summed E-state index contributed by atoms with van der Waals surface area (Å²) in [5, 5.41) is 2.56. The molecule has 0 aromatic heterocycles. The first-order chi connectivity index (χ1) is 10.3. The molecule has 2 heteroatoms. The van der Waals surface area contributed by atoms with Crippen LogP contribution in [0, 0.1) is 17.8 Å². The van der Waals surface area contributed by atoms with E-state index in [9.17, 15) is 0 Å². The summed E-state index contributed by atoms with van der Waals surface area (Å²) < 4.78 is 5.30. The van der Waals surface area contributed by atoms with Crippen LogP contribution in [0.1, 0.15) is 36.1 Å². The standard InChI is InChI=1S/C19H21BrO/c1-21-15-9-8-12-10-14(7-6-13(12)11-15)19(20)18-16-4-2-3-5-17(16)18/h6-11,16-19H,2-5H2,1H3. The third kappa shape index (κ3) is 2.38. The molecular weight excluding hydrogens is 324 g/mol. The van der Waals surface area contributed by atoms with Crippen LogP contribution >= 0.6 is 15.9 Å². The fraction of sp³-hybridized carbons (Fsp3) is 0.474. The van der Waals surface area contributed by atoms with E-state index in [0.717, 1.165) is 23.5 Å². The molecule has 0 heterocycles. The summed E-state index contributed by atoms with van der Waals surface area (Å²) in [4.78, 5) is 0.525. The fourth-order valence-electron chi connectivity index (χ4n) is 4.24. The van der Waals surface area contributed by atoms with Gasteiger partial charge in [-0.15, -0.1) is 0 Å². The first-order valence-corrected chi connectivity index (χ1v) is 8.91. The van der Waals surface area contributed by atoms with Gasteiger partial charge in [0.1, 0.15) is 5.75 Å². The van der Waals surface area contributed by atoms with Crippen LogP contribution in [0.2, 0.25) is 0 Å². The SMILES string of the molecule is COc1ccc2cc(C(Br)C3C4CCCCC43)ccc2c1. The number of hydrogen-bond donors (Lipinski definition) is 0. The van der Waals surface area contributed by atoms with Crippen LogP contribution in [0.25, 0.3) is 10.8 Å². The van der Waals surface area contributed by atoms with Gasteiger partial charge in [0.2, 0.25) is 0 Å². The largest absolute Gasteiger partial charge is 0.497 e. The maximum Gasteiger partial charge on any atom is 0.119 e. The molecule has 2 saturated carbocycles. The first-order valence-electron chi connectivity index (χ1n) is 8.00. The molecule has 3 unspecified atom stereocenters. The molecule has 0 saturated heterocycles. The van der Waals surface area contributed by atoms with E-state index in [0.29, 0.717) is 4.83 Å². The molecule has 4 rings (SSSR count). The lowest BCUT2D eigenvalue weighted by Crippen LogP contribution is -1.95. The summed E-state index contributed by atoms with van der Waals surface area (Å²) in [5.74, 6) is 3.76. The zero-order valence-corrected chi connectivity index (χ0v) is 14.0. The second-order valence-electron chi connectivity index (χ2n) is 6.56. The van der Waals surface area contributed by atoms with E-state index in [1.807, 2.05) is 6.07 Å². The highest BCUT2D eigenvalue weighted by molar-refractivity contribution is 9.09. The number of benzene rings is 2. The number of alkyl halides is 1. The van der Waals surface area contributed by atoms with E-state index in [2.05, 4.69) is 46.3 Å². The van der Waals surface area contributed by atoms with Gasteiger partial charge < -0.3 is 4.74 Å². The van der Waals surface area contributed by atoms with Crippen LogP contribution in [0.3, 0.4) is 0 Å². The maximum absolute atomic E-state index is 5.30.